The molecule has 0 bridgehead atoms. The molecule has 136 valence electrons. The maximum atomic E-state index is 5.83. The van der Waals surface area contributed by atoms with Crippen LogP contribution in [0.15, 0.2) is 70.3 Å². The van der Waals surface area contributed by atoms with Crippen molar-refractivity contribution in [3.63, 3.8) is 0 Å². The quantitative estimate of drug-likeness (QED) is 0.403. The number of ether oxygens (including phenoxy) is 1. The summed E-state index contributed by atoms with van der Waals surface area (Å²) in [4.78, 5) is 0. The summed E-state index contributed by atoms with van der Waals surface area (Å²) in [6.45, 7) is 4.33. The highest BCUT2D eigenvalue weighted by Gasteiger charge is 2.10. The number of hydrogen-bond acceptors (Lipinski definition) is 5. The molecule has 0 fully saturated rings. The van der Waals surface area contributed by atoms with E-state index < -0.39 is 0 Å². The molecule has 0 aliphatic rings. The summed E-state index contributed by atoms with van der Waals surface area (Å²) < 4.78 is 11.6. The summed E-state index contributed by atoms with van der Waals surface area (Å²) in [5.41, 5.74) is 3.50. The second-order valence-electron chi connectivity index (χ2n) is 6.45. The third kappa shape index (κ3) is 4.14. The number of fused-ring (bicyclic) bond motifs is 1. The van der Waals surface area contributed by atoms with Crippen LogP contribution in [-0.4, -0.2) is 10.2 Å². The molecule has 1 heterocycles. The average Bonchev–Trinajstić information content (AvgIpc) is 3.15. The van der Waals surface area contributed by atoms with Crippen LogP contribution in [0.2, 0.25) is 0 Å². The predicted molar refractivity (Wildman–Crippen MR) is 108 cm³/mol. The fraction of sp³-hybridized carbons (Fsp3) is 0.182. The second-order valence-corrected chi connectivity index (χ2v) is 7.37. The van der Waals surface area contributed by atoms with Crippen LogP contribution in [0.25, 0.3) is 10.8 Å². The second kappa shape index (κ2) is 7.84. The molecule has 5 heteroatoms. The first-order valence-electron chi connectivity index (χ1n) is 8.81. The van der Waals surface area contributed by atoms with Gasteiger partial charge in [-0.3, -0.25) is 0 Å². The van der Waals surface area contributed by atoms with Crippen molar-refractivity contribution in [2.45, 2.75) is 31.4 Å². The van der Waals surface area contributed by atoms with E-state index in [0.717, 1.165) is 22.6 Å². The highest BCUT2D eigenvalue weighted by atomic mass is 32.2. The standard InChI is InChI=1S/C22H20N2O2S/c1-15-10-11-16(2)20(12-15)25-13-21-23-24-22(26-21)27-14-18-8-5-7-17-6-3-4-9-19(17)18/h3-12H,13-14H2,1-2H3. The topological polar surface area (TPSA) is 48.2 Å². The summed E-state index contributed by atoms with van der Waals surface area (Å²) in [6, 6.07) is 20.8. The zero-order valence-electron chi connectivity index (χ0n) is 15.3. The normalized spacial score (nSPS) is 11.0. The van der Waals surface area contributed by atoms with Gasteiger partial charge in [-0.2, -0.15) is 0 Å². The molecule has 4 rings (SSSR count). The minimum absolute atomic E-state index is 0.270. The lowest BCUT2D eigenvalue weighted by Crippen LogP contribution is -1.97. The molecular weight excluding hydrogens is 356 g/mol. The Morgan fingerprint density at radius 3 is 2.74 bits per heavy atom. The lowest BCUT2D eigenvalue weighted by molar-refractivity contribution is 0.250. The maximum absolute atomic E-state index is 5.83. The lowest BCUT2D eigenvalue weighted by Gasteiger charge is -2.07. The number of rotatable bonds is 6. The number of aromatic nitrogens is 2. The van der Waals surface area contributed by atoms with E-state index in [4.69, 9.17) is 9.15 Å². The van der Waals surface area contributed by atoms with Crippen molar-refractivity contribution in [2.75, 3.05) is 0 Å². The third-order valence-corrected chi connectivity index (χ3v) is 5.24. The monoisotopic (exact) mass is 376 g/mol. The Balaban J connectivity index is 1.40. The first-order valence-corrected chi connectivity index (χ1v) is 9.79. The van der Waals surface area contributed by atoms with Gasteiger partial charge < -0.3 is 9.15 Å². The van der Waals surface area contributed by atoms with Gasteiger partial charge in [0, 0.05) is 5.75 Å². The Kier molecular flexibility index (Phi) is 5.12. The van der Waals surface area contributed by atoms with Crippen molar-refractivity contribution in [1.29, 1.82) is 0 Å². The minimum atomic E-state index is 0.270. The number of aryl methyl sites for hydroxylation is 2. The van der Waals surface area contributed by atoms with E-state index >= 15 is 0 Å². The van der Waals surface area contributed by atoms with E-state index in [-0.39, 0.29) is 6.61 Å². The molecule has 3 aromatic carbocycles. The van der Waals surface area contributed by atoms with Crippen molar-refractivity contribution >= 4 is 22.5 Å². The van der Waals surface area contributed by atoms with Crippen molar-refractivity contribution < 1.29 is 9.15 Å². The number of benzene rings is 3. The smallest absolute Gasteiger partial charge is 0.277 e. The van der Waals surface area contributed by atoms with Crippen LogP contribution >= 0.6 is 11.8 Å². The summed E-state index contributed by atoms with van der Waals surface area (Å²) in [5, 5.41) is 11.3. The first kappa shape index (κ1) is 17.6. The van der Waals surface area contributed by atoms with Gasteiger partial charge in [0.25, 0.3) is 11.1 Å². The van der Waals surface area contributed by atoms with Gasteiger partial charge in [0.1, 0.15) is 5.75 Å². The highest BCUT2D eigenvalue weighted by Crippen LogP contribution is 2.27. The van der Waals surface area contributed by atoms with Gasteiger partial charge in [-0.25, -0.2) is 0 Å². The zero-order chi connectivity index (χ0) is 18.6. The van der Waals surface area contributed by atoms with E-state index in [2.05, 4.69) is 58.7 Å². The van der Waals surface area contributed by atoms with Crippen molar-refractivity contribution in [2.24, 2.45) is 0 Å². The van der Waals surface area contributed by atoms with E-state index in [0.29, 0.717) is 11.1 Å². The maximum Gasteiger partial charge on any atom is 0.277 e. The first-order chi connectivity index (χ1) is 13.2. The summed E-state index contributed by atoms with van der Waals surface area (Å²) >= 11 is 1.54. The fourth-order valence-corrected chi connectivity index (χ4v) is 3.70. The number of thioether (sulfide) groups is 1. The fourth-order valence-electron chi connectivity index (χ4n) is 2.92. The lowest BCUT2D eigenvalue weighted by atomic mass is 10.1. The molecule has 1 aromatic heterocycles. The van der Waals surface area contributed by atoms with E-state index in [1.165, 1.54) is 16.3 Å². The highest BCUT2D eigenvalue weighted by molar-refractivity contribution is 7.98. The van der Waals surface area contributed by atoms with Crippen LogP contribution in [0.4, 0.5) is 0 Å². The Bertz CT molecular complexity index is 1070. The van der Waals surface area contributed by atoms with Crippen LogP contribution in [0.5, 0.6) is 5.75 Å². The molecule has 0 aliphatic carbocycles. The van der Waals surface area contributed by atoms with Gasteiger partial charge in [0.05, 0.1) is 0 Å². The van der Waals surface area contributed by atoms with Gasteiger partial charge in [-0.05, 0) is 47.4 Å². The molecule has 0 saturated carbocycles. The Morgan fingerprint density at radius 1 is 0.963 bits per heavy atom. The summed E-state index contributed by atoms with van der Waals surface area (Å²) in [5.74, 6) is 2.11. The molecule has 0 spiro atoms. The molecule has 0 aliphatic heterocycles. The van der Waals surface area contributed by atoms with Crippen LogP contribution in [0.1, 0.15) is 22.6 Å². The molecule has 0 unspecified atom stereocenters. The van der Waals surface area contributed by atoms with Crippen molar-refractivity contribution in [3.05, 3.63) is 83.2 Å². The van der Waals surface area contributed by atoms with Gasteiger partial charge >= 0.3 is 0 Å². The molecule has 4 aromatic rings. The minimum Gasteiger partial charge on any atom is -0.484 e. The Labute approximate surface area is 162 Å². The molecule has 0 saturated heterocycles. The molecule has 0 N–H and O–H groups in total. The van der Waals surface area contributed by atoms with Crippen LogP contribution < -0.4 is 4.74 Å². The predicted octanol–water partition coefficient (Wildman–Crippen LogP) is 5.71. The Hall–Kier alpha value is -2.79. The molecular formula is C22H20N2O2S. The SMILES string of the molecule is Cc1ccc(C)c(OCc2nnc(SCc3cccc4ccccc34)o2)c1. The van der Waals surface area contributed by atoms with Gasteiger partial charge in [-0.1, -0.05) is 66.4 Å². The summed E-state index contributed by atoms with van der Waals surface area (Å²) in [6.07, 6.45) is 0. The van der Waals surface area contributed by atoms with Crippen molar-refractivity contribution in [3.8, 4) is 5.75 Å². The van der Waals surface area contributed by atoms with E-state index in [1.54, 1.807) is 11.8 Å². The van der Waals surface area contributed by atoms with E-state index in [9.17, 15) is 0 Å². The zero-order valence-corrected chi connectivity index (χ0v) is 16.1. The number of hydrogen-bond donors (Lipinski definition) is 0. The Morgan fingerprint density at radius 2 is 1.81 bits per heavy atom. The average molecular weight is 376 g/mol. The molecule has 27 heavy (non-hydrogen) atoms. The van der Waals surface area contributed by atoms with Crippen molar-refractivity contribution in [1.82, 2.24) is 10.2 Å². The molecule has 0 amide bonds. The van der Waals surface area contributed by atoms with Crippen LogP contribution in [-0.2, 0) is 12.4 Å². The molecule has 4 nitrogen and oxygen atoms in total. The van der Waals surface area contributed by atoms with Gasteiger partial charge in [0.2, 0.25) is 0 Å². The van der Waals surface area contributed by atoms with Crippen LogP contribution in [0.3, 0.4) is 0 Å². The molecule has 0 atom stereocenters. The van der Waals surface area contributed by atoms with Gasteiger partial charge in [-0.15, -0.1) is 10.2 Å². The molecule has 0 radical (unpaired) electrons. The number of nitrogens with zero attached hydrogens (tertiary/aromatic N) is 2. The van der Waals surface area contributed by atoms with Gasteiger partial charge in [0.15, 0.2) is 6.61 Å². The largest absolute Gasteiger partial charge is 0.484 e. The van der Waals surface area contributed by atoms with Crippen LogP contribution in [0, 0.1) is 13.8 Å². The van der Waals surface area contributed by atoms with E-state index in [1.807, 2.05) is 26.0 Å². The summed E-state index contributed by atoms with van der Waals surface area (Å²) in [7, 11) is 0. The third-order valence-electron chi connectivity index (χ3n) is 4.37.